The minimum Gasteiger partial charge on any atom is -0.447 e. The molecule has 1 saturated heterocycles. The number of aliphatic hydroxyl groups is 1. The number of halogens is 5. The summed E-state index contributed by atoms with van der Waals surface area (Å²) in [5.41, 5.74) is -0.0357. The first-order chi connectivity index (χ1) is 14.5. The number of amides is 1. The number of hydrogen-bond donors (Lipinski definition) is 2. The Balaban J connectivity index is 1.82. The molecule has 0 aliphatic carbocycles. The van der Waals surface area contributed by atoms with Crippen molar-refractivity contribution < 1.29 is 41.3 Å². The first kappa shape index (κ1) is 22.5. The van der Waals surface area contributed by atoms with Gasteiger partial charge in [0.15, 0.2) is 11.6 Å². The predicted molar refractivity (Wildman–Crippen MR) is 96.4 cm³/mol. The van der Waals surface area contributed by atoms with Crippen molar-refractivity contribution in [2.75, 3.05) is 16.8 Å². The lowest BCUT2D eigenvalue weighted by Gasteiger charge is -2.23. The lowest BCUT2D eigenvalue weighted by Crippen LogP contribution is -2.42. The number of carbonyl (C=O) groups is 1. The van der Waals surface area contributed by atoms with Crippen LogP contribution in [-0.2, 0) is 4.74 Å². The molecule has 13 heteroatoms. The second-order valence-corrected chi connectivity index (χ2v) is 6.72. The van der Waals surface area contributed by atoms with E-state index in [0.29, 0.717) is 6.07 Å². The Morgan fingerprint density at radius 1 is 1.29 bits per heavy atom. The molecule has 3 atom stereocenters. The van der Waals surface area contributed by atoms with Crippen LogP contribution in [0.15, 0.2) is 24.4 Å². The third-order valence-corrected chi connectivity index (χ3v) is 4.43. The van der Waals surface area contributed by atoms with E-state index >= 15 is 0 Å². The number of nitrogens with one attached hydrogen (secondary N) is 1. The van der Waals surface area contributed by atoms with Gasteiger partial charge in [0.2, 0.25) is 5.95 Å². The number of cyclic esters (lactones) is 1. The number of anilines is 2. The van der Waals surface area contributed by atoms with E-state index in [4.69, 9.17) is 4.74 Å². The quantitative estimate of drug-likeness (QED) is 0.653. The highest BCUT2D eigenvalue weighted by Crippen LogP contribution is 2.29. The van der Waals surface area contributed by atoms with E-state index in [2.05, 4.69) is 20.0 Å². The summed E-state index contributed by atoms with van der Waals surface area (Å²) in [5.74, 6) is -3.31. The molecular weight excluding hydrogens is 431 g/mol. The maximum absolute atomic E-state index is 14.3. The topological polar surface area (TPSA) is 96.8 Å². The molecule has 0 saturated carbocycles. The number of hydrogen-bond acceptors (Lipinski definition) is 7. The average molecular weight is 448 g/mol. The number of nitrogens with zero attached hydrogens (tertiary/aromatic N) is 3. The molecule has 2 heterocycles. The minimum atomic E-state index is -4.96. The van der Waals surface area contributed by atoms with Gasteiger partial charge in [-0.1, -0.05) is 6.07 Å². The first-order valence-corrected chi connectivity index (χ1v) is 8.94. The van der Waals surface area contributed by atoms with Crippen LogP contribution in [0.25, 0.3) is 0 Å². The van der Waals surface area contributed by atoms with Crippen LogP contribution >= 0.6 is 0 Å². The van der Waals surface area contributed by atoms with Gasteiger partial charge in [0.05, 0.1) is 18.3 Å². The summed E-state index contributed by atoms with van der Waals surface area (Å²) in [5, 5.41) is 12.5. The normalized spacial score (nSPS) is 18.5. The SMILES string of the molecule is C[C@H](Nc1ncc(F)c(N2C(=O)OC[C@@H]2[C@@H](C)O)n1)c1ccc(OC(F)(F)F)cc1F. The molecule has 0 spiro atoms. The maximum Gasteiger partial charge on any atom is 0.573 e. The van der Waals surface area contributed by atoms with Crippen LogP contribution in [0.5, 0.6) is 5.75 Å². The molecule has 1 aliphatic rings. The lowest BCUT2D eigenvalue weighted by molar-refractivity contribution is -0.274. The van der Waals surface area contributed by atoms with E-state index in [-0.39, 0.29) is 18.1 Å². The average Bonchev–Trinajstić information content (AvgIpc) is 3.03. The maximum atomic E-state index is 14.3. The van der Waals surface area contributed by atoms with Crippen LogP contribution in [0.3, 0.4) is 0 Å². The van der Waals surface area contributed by atoms with Crippen molar-refractivity contribution >= 4 is 17.9 Å². The van der Waals surface area contributed by atoms with Gasteiger partial charge in [-0.3, -0.25) is 0 Å². The summed E-state index contributed by atoms with van der Waals surface area (Å²) < 4.78 is 73.9. The highest BCUT2D eigenvalue weighted by atomic mass is 19.4. The second-order valence-electron chi connectivity index (χ2n) is 6.72. The number of alkyl halides is 3. The number of aliphatic hydroxyl groups excluding tert-OH is 1. The monoisotopic (exact) mass is 448 g/mol. The van der Waals surface area contributed by atoms with Crippen LogP contribution < -0.4 is 15.0 Å². The van der Waals surface area contributed by atoms with Gasteiger partial charge in [-0.25, -0.2) is 23.5 Å². The predicted octanol–water partition coefficient (Wildman–Crippen LogP) is 3.53. The van der Waals surface area contributed by atoms with Gasteiger partial charge in [0.1, 0.15) is 24.2 Å². The molecule has 0 unspecified atom stereocenters. The summed E-state index contributed by atoms with van der Waals surface area (Å²) in [6.45, 7) is 2.70. The van der Waals surface area contributed by atoms with Crippen LogP contribution in [-0.4, -0.2) is 46.3 Å². The zero-order valence-electron chi connectivity index (χ0n) is 16.2. The van der Waals surface area contributed by atoms with E-state index in [9.17, 15) is 31.9 Å². The summed E-state index contributed by atoms with van der Waals surface area (Å²) in [6.07, 6.45) is -6.13. The molecule has 3 rings (SSSR count). The number of rotatable bonds is 6. The molecule has 1 aromatic heterocycles. The molecular formula is C18H17F5N4O4. The molecule has 1 aromatic carbocycles. The highest BCUT2D eigenvalue weighted by molar-refractivity contribution is 5.89. The summed E-state index contributed by atoms with van der Waals surface area (Å²) in [7, 11) is 0. The Morgan fingerprint density at radius 2 is 2.00 bits per heavy atom. The van der Waals surface area contributed by atoms with E-state index in [1.807, 2.05) is 0 Å². The van der Waals surface area contributed by atoms with Crippen LogP contribution in [0, 0.1) is 11.6 Å². The van der Waals surface area contributed by atoms with E-state index in [1.165, 1.54) is 13.8 Å². The zero-order valence-corrected chi connectivity index (χ0v) is 16.2. The summed E-state index contributed by atoms with van der Waals surface area (Å²) >= 11 is 0. The van der Waals surface area contributed by atoms with Crippen molar-refractivity contribution in [1.29, 1.82) is 0 Å². The Bertz CT molecular complexity index is 972. The van der Waals surface area contributed by atoms with Gasteiger partial charge in [-0.2, -0.15) is 4.98 Å². The van der Waals surface area contributed by atoms with Crippen LogP contribution in [0.2, 0.25) is 0 Å². The Morgan fingerprint density at radius 3 is 2.61 bits per heavy atom. The minimum absolute atomic E-state index is 0.0357. The molecule has 0 bridgehead atoms. The molecule has 0 radical (unpaired) electrons. The molecule has 1 fully saturated rings. The van der Waals surface area contributed by atoms with Gasteiger partial charge in [-0.15, -0.1) is 13.2 Å². The Kier molecular flexibility index (Phi) is 6.15. The molecule has 1 aliphatic heterocycles. The highest BCUT2D eigenvalue weighted by Gasteiger charge is 2.40. The number of ether oxygens (including phenoxy) is 2. The van der Waals surface area contributed by atoms with Crippen molar-refractivity contribution in [3.8, 4) is 5.75 Å². The first-order valence-electron chi connectivity index (χ1n) is 8.94. The van der Waals surface area contributed by atoms with Crippen molar-refractivity contribution in [1.82, 2.24) is 9.97 Å². The third kappa shape index (κ3) is 5.10. The van der Waals surface area contributed by atoms with Crippen LogP contribution in [0.1, 0.15) is 25.5 Å². The van der Waals surface area contributed by atoms with Gasteiger partial charge in [0.25, 0.3) is 0 Å². The number of carbonyl (C=O) groups excluding carboxylic acids is 1. The standard InChI is InChI=1S/C18H17F5N4O4/c1-8(11-4-3-10(5-12(11)19)31-18(21,22)23)25-16-24-6-13(20)15(26-16)27-14(9(2)28)7-30-17(27)29/h3-6,8-9,14,28H,7H2,1-2H3,(H,24,25,26)/t8-,9+,14+/m0/s1. The fourth-order valence-corrected chi connectivity index (χ4v) is 2.96. The lowest BCUT2D eigenvalue weighted by atomic mass is 10.1. The van der Waals surface area contributed by atoms with Gasteiger partial charge in [0, 0.05) is 11.6 Å². The molecule has 31 heavy (non-hydrogen) atoms. The van der Waals surface area contributed by atoms with E-state index in [0.717, 1.165) is 23.2 Å². The van der Waals surface area contributed by atoms with E-state index < -0.39 is 53.8 Å². The fraction of sp³-hybridized carbons (Fsp3) is 0.389. The van der Waals surface area contributed by atoms with Crippen molar-refractivity contribution in [2.24, 2.45) is 0 Å². The van der Waals surface area contributed by atoms with Gasteiger partial charge >= 0.3 is 12.5 Å². The van der Waals surface area contributed by atoms with E-state index in [1.54, 1.807) is 0 Å². The van der Waals surface area contributed by atoms with Crippen LogP contribution in [0.4, 0.5) is 38.5 Å². The second kappa shape index (κ2) is 8.49. The molecule has 2 aromatic rings. The smallest absolute Gasteiger partial charge is 0.447 e. The van der Waals surface area contributed by atoms with Crippen molar-refractivity contribution in [3.63, 3.8) is 0 Å². The number of aromatic nitrogens is 2. The Hall–Kier alpha value is -3.22. The zero-order chi connectivity index (χ0) is 22.9. The third-order valence-electron chi connectivity index (χ3n) is 4.43. The largest absolute Gasteiger partial charge is 0.573 e. The summed E-state index contributed by atoms with van der Waals surface area (Å²) in [4.78, 5) is 20.5. The molecule has 168 valence electrons. The van der Waals surface area contributed by atoms with Crippen molar-refractivity contribution in [2.45, 2.75) is 38.4 Å². The molecule has 1 amide bonds. The van der Waals surface area contributed by atoms with Crippen molar-refractivity contribution in [3.05, 3.63) is 41.6 Å². The number of benzene rings is 1. The van der Waals surface area contributed by atoms with Gasteiger partial charge in [-0.05, 0) is 19.9 Å². The molecule has 2 N–H and O–H groups in total. The van der Waals surface area contributed by atoms with Gasteiger partial charge < -0.3 is 19.9 Å². The fourth-order valence-electron chi connectivity index (χ4n) is 2.96. The molecule has 8 nitrogen and oxygen atoms in total. The Labute approximate surface area is 172 Å². The summed E-state index contributed by atoms with van der Waals surface area (Å²) in [6, 6.07) is 0.872.